The Labute approximate surface area is 160 Å². The van der Waals surface area contributed by atoms with Crippen molar-refractivity contribution >= 4 is 17.2 Å². The molecule has 0 bridgehead atoms. The highest BCUT2D eigenvalue weighted by Crippen LogP contribution is 2.22. The van der Waals surface area contributed by atoms with E-state index in [-0.39, 0.29) is 5.56 Å². The van der Waals surface area contributed by atoms with Crippen LogP contribution in [0.5, 0.6) is 0 Å². The van der Waals surface area contributed by atoms with Gasteiger partial charge in [-0.15, -0.1) is 5.10 Å². The van der Waals surface area contributed by atoms with Gasteiger partial charge in [-0.2, -0.15) is 4.39 Å². The first-order chi connectivity index (χ1) is 13.5. The molecule has 0 atom stereocenters. The number of primary amides is 1. The Morgan fingerprint density at radius 2 is 1.96 bits per heavy atom. The van der Waals surface area contributed by atoms with Crippen molar-refractivity contribution in [3.05, 3.63) is 77.6 Å². The van der Waals surface area contributed by atoms with Crippen molar-refractivity contribution in [3.63, 3.8) is 0 Å². The van der Waals surface area contributed by atoms with E-state index in [1.54, 1.807) is 31.2 Å². The van der Waals surface area contributed by atoms with E-state index in [1.165, 1.54) is 4.52 Å². The van der Waals surface area contributed by atoms with Crippen LogP contribution in [0, 0.1) is 19.2 Å². The molecule has 4 rings (SSSR count). The SMILES string of the molecule is Cc1ccc(NCc2ccc(-c3ccc(C(N)=O)c4n[c]nn34)cc2)c(F)n1. The van der Waals surface area contributed by atoms with Gasteiger partial charge in [-0.1, -0.05) is 24.3 Å². The molecule has 28 heavy (non-hydrogen) atoms. The molecule has 0 aliphatic rings. The van der Waals surface area contributed by atoms with Crippen molar-refractivity contribution in [2.24, 2.45) is 5.73 Å². The maximum atomic E-state index is 13.8. The largest absolute Gasteiger partial charge is 0.377 e. The average molecular weight is 375 g/mol. The molecule has 0 saturated carbocycles. The van der Waals surface area contributed by atoms with Crippen LogP contribution in [0.3, 0.4) is 0 Å². The summed E-state index contributed by atoms with van der Waals surface area (Å²) in [6.45, 7) is 2.19. The summed E-state index contributed by atoms with van der Waals surface area (Å²) < 4.78 is 15.3. The molecule has 7 nitrogen and oxygen atoms in total. The first-order valence-corrected chi connectivity index (χ1v) is 8.55. The van der Waals surface area contributed by atoms with Crippen LogP contribution < -0.4 is 11.1 Å². The summed E-state index contributed by atoms with van der Waals surface area (Å²) in [5.41, 5.74) is 9.61. The van der Waals surface area contributed by atoms with Crippen LogP contribution in [-0.4, -0.2) is 25.5 Å². The Kier molecular flexibility index (Phi) is 4.44. The minimum Gasteiger partial charge on any atom is -0.377 e. The normalized spacial score (nSPS) is 10.9. The number of carbonyl (C=O) groups is 1. The summed E-state index contributed by atoms with van der Waals surface area (Å²) in [4.78, 5) is 19.3. The van der Waals surface area contributed by atoms with Gasteiger partial charge in [-0.25, -0.2) is 14.5 Å². The zero-order chi connectivity index (χ0) is 19.7. The molecule has 0 aliphatic heterocycles. The standard InChI is InChI=1S/C20H16FN6O/c1-12-2-8-16(18(21)26-12)23-10-13-3-5-14(6-4-13)17-9-7-15(19(22)28)20-24-11-25-27(17)20/h2-9,23H,10H2,1H3,(H2,22,28). The molecule has 139 valence electrons. The molecule has 3 N–H and O–H groups in total. The van der Waals surface area contributed by atoms with Crippen LogP contribution in [0.1, 0.15) is 21.6 Å². The lowest BCUT2D eigenvalue weighted by Gasteiger charge is -2.10. The molecule has 0 spiro atoms. The molecular weight excluding hydrogens is 359 g/mol. The number of aromatic nitrogens is 4. The minimum atomic E-state index is -0.572. The van der Waals surface area contributed by atoms with Crippen molar-refractivity contribution in [3.8, 4) is 11.3 Å². The van der Waals surface area contributed by atoms with Gasteiger partial charge in [0, 0.05) is 17.8 Å². The number of rotatable bonds is 5. The third-order valence-corrected chi connectivity index (χ3v) is 4.36. The molecular formula is C20H16FN6O. The summed E-state index contributed by atoms with van der Waals surface area (Å²) >= 11 is 0. The summed E-state index contributed by atoms with van der Waals surface area (Å²) in [6, 6.07) is 14.5. The Balaban J connectivity index is 1.57. The van der Waals surface area contributed by atoms with E-state index in [9.17, 15) is 9.18 Å². The second-order valence-corrected chi connectivity index (χ2v) is 6.29. The van der Waals surface area contributed by atoms with E-state index in [2.05, 4.69) is 26.7 Å². The molecule has 1 aromatic carbocycles. The molecule has 1 amide bonds. The van der Waals surface area contributed by atoms with Crippen LogP contribution >= 0.6 is 0 Å². The minimum absolute atomic E-state index is 0.284. The monoisotopic (exact) mass is 375 g/mol. The fraction of sp³-hybridized carbons (Fsp3) is 0.100. The van der Waals surface area contributed by atoms with Crippen LogP contribution in [0.4, 0.5) is 10.1 Å². The fourth-order valence-corrected chi connectivity index (χ4v) is 2.92. The molecule has 0 unspecified atom stereocenters. The first kappa shape index (κ1) is 17.6. The maximum Gasteiger partial charge on any atom is 0.252 e. The topological polar surface area (TPSA) is 98.2 Å². The van der Waals surface area contributed by atoms with Crippen LogP contribution in [0.25, 0.3) is 16.9 Å². The van der Waals surface area contributed by atoms with Gasteiger partial charge in [-0.3, -0.25) is 4.79 Å². The highest BCUT2D eigenvalue weighted by molar-refractivity contribution is 5.99. The summed E-state index contributed by atoms with van der Waals surface area (Å²) in [6.07, 6.45) is 2.51. The third kappa shape index (κ3) is 3.27. The number of nitrogens with zero attached hydrogens (tertiary/aromatic N) is 4. The fourth-order valence-electron chi connectivity index (χ4n) is 2.92. The summed E-state index contributed by atoms with van der Waals surface area (Å²) in [5, 5.41) is 7.10. The predicted octanol–water partition coefficient (Wildman–Crippen LogP) is 2.75. The van der Waals surface area contributed by atoms with Crippen molar-refractivity contribution < 1.29 is 9.18 Å². The molecule has 3 heterocycles. The highest BCUT2D eigenvalue weighted by Gasteiger charge is 2.13. The van der Waals surface area contributed by atoms with Gasteiger partial charge in [0.2, 0.25) is 12.3 Å². The van der Waals surface area contributed by atoms with Gasteiger partial charge in [-0.05, 0) is 36.8 Å². The van der Waals surface area contributed by atoms with E-state index in [0.29, 0.717) is 23.6 Å². The van der Waals surface area contributed by atoms with Crippen LogP contribution in [-0.2, 0) is 6.54 Å². The Bertz CT molecular complexity index is 1170. The van der Waals surface area contributed by atoms with Gasteiger partial charge in [0.1, 0.15) is 0 Å². The van der Waals surface area contributed by atoms with Gasteiger partial charge < -0.3 is 11.1 Å². The molecule has 0 aliphatic carbocycles. The van der Waals surface area contributed by atoms with Gasteiger partial charge in [0.25, 0.3) is 5.91 Å². The molecule has 4 aromatic rings. The lowest BCUT2D eigenvalue weighted by Crippen LogP contribution is -2.13. The zero-order valence-corrected chi connectivity index (χ0v) is 15.0. The number of fused-ring (bicyclic) bond motifs is 1. The summed E-state index contributed by atoms with van der Waals surface area (Å²) in [7, 11) is 0. The lowest BCUT2D eigenvalue weighted by atomic mass is 10.1. The van der Waals surface area contributed by atoms with E-state index >= 15 is 0 Å². The van der Waals surface area contributed by atoms with Crippen LogP contribution in [0.15, 0.2) is 48.5 Å². The molecule has 0 saturated heterocycles. The van der Waals surface area contributed by atoms with Gasteiger partial charge in [0.15, 0.2) is 5.65 Å². The first-order valence-electron chi connectivity index (χ1n) is 8.55. The molecule has 3 aromatic heterocycles. The maximum absolute atomic E-state index is 13.8. The number of benzene rings is 1. The second-order valence-electron chi connectivity index (χ2n) is 6.29. The number of carbonyl (C=O) groups excluding carboxylic acids is 1. The van der Waals surface area contributed by atoms with Crippen molar-refractivity contribution in [2.45, 2.75) is 13.5 Å². The number of pyridine rings is 2. The van der Waals surface area contributed by atoms with E-state index in [0.717, 1.165) is 16.8 Å². The number of aryl methyl sites for hydroxylation is 1. The zero-order valence-electron chi connectivity index (χ0n) is 15.0. The Morgan fingerprint density at radius 3 is 2.68 bits per heavy atom. The number of nitrogens with one attached hydrogen (secondary N) is 1. The van der Waals surface area contributed by atoms with Gasteiger partial charge in [0.05, 0.1) is 16.9 Å². The number of hydrogen-bond donors (Lipinski definition) is 2. The smallest absolute Gasteiger partial charge is 0.252 e. The Hall–Kier alpha value is -3.81. The van der Waals surface area contributed by atoms with Crippen molar-refractivity contribution in [1.82, 2.24) is 19.6 Å². The van der Waals surface area contributed by atoms with E-state index in [1.807, 2.05) is 24.3 Å². The number of nitrogens with two attached hydrogens (primary N) is 1. The van der Waals surface area contributed by atoms with E-state index in [4.69, 9.17) is 5.73 Å². The quantitative estimate of drug-likeness (QED) is 0.523. The third-order valence-electron chi connectivity index (χ3n) is 4.36. The second kappa shape index (κ2) is 7.07. The number of halogens is 1. The molecule has 8 heteroatoms. The Morgan fingerprint density at radius 1 is 1.18 bits per heavy atom. The van der Waals surface area contributed by atoms with Crippen LogP contribution in [0.2, 0.25) is 0 Å². The summed E-state index contributed by atoms with van der Waals surface area (Å²) in [5.74, 6) is -1.09. The predicted molar refractivity (Wildman–Crippen MR) is 102 cm³/mol. The molecule has 0 fully saturated rings. The lowest BCUT2D eigenvalue weighted by molar-refractivity contribution is 0.100. The highest BCUT2D eigenvalue weighted by atomic mass is 19.1. The number of hydrogen-bond acceptors (Lipinski definition) is 5. The number of amides is 1. The molecule has 1 radical (unpaired) electrons. The number of anilines is 1. The van der Waals surface area contributed by atoms with E-state index < -0.39 is 11.9 Å². The van der Waals surface area contributed by atoms with Gasteiger partial charge >= 0.3 is 0 Å². The van der Waals surface area contributed by atoms with Crippen molar-refractivity contribution in [2.75, 3.05) is 5.32 Å². The average Bonchev–Trinajstić information content (AvgIpc) is 3.17. The van der Waals surface area contributed by atoms with Crippen molar-refractivity contribution in [1.29, 1.82) is 0 Å².